The minimum atomic E-state index is 0.268. The Balaban J connectivity index is 1.51. The van der Waals surface area contributed by atoms with Gasteiger partial charge >= 0.3 is 0 Å². The lowest BCUT2D eigenvalue weighted by Crippen LogP contribution is -2.18. The maximum Gasteiger partial charge on any atom is 0.122 e. The number of hydrogen-bond acceptors (Lipinski definition) is 4. The van der Waals surface area contributed by atoms with E-state index in [9.17, 15) is 0 Å². The molecule has 2 aromatic carbocycles. The van der Waals surface area contributed by atoms with Gasteiger partial charge in [0.2, 0.25) is 0 Å². The van der Waals surface area contributed by atoms with Crippen LogP contribution in [0.4, 0.5) is 0 Å². The lowest BCUT2D eigenvalue weighted by atomic mass is 9.80. The average Bonchev–Trinajstić information content (AvgIpc) is 2.76. The lowest BCUT2D eigenvalue weighted by molar-refractivity contribution is 0.266. The number of aliphatic hydroxyl groups is 1. The van der Waals surface area contributed by atoms with E-state index in [-0.39, 0.29) is 6.61 Å². The summed E-state index contributed by atoms with van der Waals surface area (Å²) >= 11 is 0. The van der Waals surface area contributed by atoms with E-state index in [0.29, 0.717) is 18.4 Å². The first-order chi connectivity index (χ1) is 14.2. The maximum atomic E-state index is 9.01. The third-order valence-electron chi connectivity index (χ3n) is 6.11. The molecule has 1 aliphatic rings. The van der Waals surface area contributed by atoms with E-state index < -0.39 is 0 Å². The zero-order valence-electron chi connectivity index (χ0n) is 17.6. The summed E-state index contributed by atoms with van der Waals surface area (Å²) in [6.07, 6.45) is 7.52. The fourth-order valence-corrected chi connectivity index (χ4v) is 4.31. The molecule has 0 spiro atoms. The summed E-state index contributed by atoms with van der Waals surface area (Å²) in [4.78, 5) is 0. The van der Waals surface area contributed by atoms with Crippen molar-refractivity contribution >= 4 is 0 Å². The van der Waals surface area contributed by atoms with Crippen LogP contribution in [0.3, 0.4) is 0 Å². The van der Waals surface area contributed by atoms with Crippen LogP contribution >= 0.6 is 0 Å². The van der Waals surface area contributed by atoms with Crippen LogP contribution in [0.25, 0.3) is 0 Å². The Labute approximate surface area is 175 Å². The highest BCUT2D eigenvalue weighted by atomic mass is 16.5. The molecule has 158 valence electrons. The molecule has 2 aromatic rings. The van der Waals surface area contributed by atoms with Crippen LogP contribution < -0.4 is 15.2 Å². The third kappa shape index (κ3) is 6.22. The number of fused-ring (bicyclic) bond motifs is 1. The van der Waals surface area contributed by atoms with E-state index in [1.807, 2.05) is 24.3 Å². The van der Waals surface area contributed by atoms with Crippen molar-refractivity contribution in [3.8, 4) is 11.5 Å². The summed E-state index contributed by atoms with van der Waals surface area (Å²) in [5.74, 6) is 2.78. The molecule has 0 saturated heterocycles. The normalized spacial score (nSPS) is 16.9. The Morgan fingerprint density at radius 3 is 2.76 bits per heavy atom. The molecule has 1 unspecified atom stereocenters. The first kappa shape index (κ1) is 21.7. The summed E-state index contributed by atoms with van der Waals surface area (Å²) in [6.45, 7) is 1.68. The predicted octanol–water partition coefficient (Wildman–Crippen LogP) is 4.47. The first-order valence-electron chi connectivity index (χ1n) is 10.9. The summed E-state index contributed by atoms with van der Waals surface area (Å²) in [7, 11) is 1.68. The van der Waals surface area contributed by atoms with Gasteiger partial charge < -0.3 is 20.3 Å². The van der Waals surface area contributed by atoms with Crippen molar-refractivity contribution in [1.82, 2.24) is 0 Å². The molecule has 0 amide bonds. The van der Waals surface area contributed by atoms with Crippen molar-refractivity contribution in [2.24, 2.45) is 11.7 Å². The number of hydrogen-bond donors (Lipinski definition) is 2. The van der Waals surface area contributed by atoms with Gasteiger partial charge in [0.05, 0.1) is 13.7 Å². The quantitative estimate of drug-likeness (QED) is 0.549. The van der Waals surface area contributed by atoms with Gasteiger partial charge in [0.15, 0.2) is 0 Å². The zero-order valence-corrected chi connectivity index (χ0v) is 17.6. The summed E-state index contributed by atoms with van der Waals surface area (Å²) < 4.78 is 11.2. The van der Waals surface area contributed by atoms with E-state index in [1.165, 1.54) is 23.1 Å². The number of unbranched alkanes of at least 4 members (excludes halogenated alkanes) is 1. The Hall–Kier alpha value is -2.04. The molecule has 0 bridgehead atoms. The van der Waals surface area contributed by atoms with Crippen LogP contribution in [0.15, 0.2) is 42.5 Å². The molecular formula is C25H35NO3. The highest BCUT2D eigenvalue weighted by Crippen LogP contribution is 2.31. The van der Waals surface area contributed by atoms with Gasteiger partial charge in [0.25, 0.3) is 0 Å². The van der Waals surface area contributed by atoms with Crippen molar-refractivity contribution in [2.75, 3.05) is 26.9 Å². The van der Waals surface area contributed by atoms with Gasteiger partial charge in [-0.25, -0.2) is 0 Å². The molecule has 0 saturated carbocycles. The Morgan fingerprint density at radius 2 is 1.97 bits per heavy atom. The van der Waals surface area contributed by atoms with E-state index in [4.69, 9.17) is 20.3 Å². The lowest BCUT2D eigenvalue weighted by Gasteiger charge is -2.26. The number of aryl methyl sites for hydroxylation is 1. The number of methoxy groups -OCH3 is 1. The van der Waals surface area contributed by atoms with Crippen LogP contribution in [-0.4, -0.2) is 32.0 Å². The second-order valence-electron chi connectivity index (χ2n) is 8.11. The first-order valence-corrected chi connectivity index (χ1v) is 10.9. The van der Waals surface area contributed by atoms with Gasteiger partial charge in [-0.1, -0.05) is 30.7 Å². The van der Waals surface area contributed by atoms with Crippen molar-refractivity contribution in [3.63, 3.8) is 0 Å². The second-order valence-corrected chi connectivity index (χ2v) is 8.11. The molecule has 0 aliphatic heterocycles. The van der Waals surface area contributed by atoms with Crippen LogP contribution in [-0.2, 0) is 12.8 Å². The van der Waals surface area contributed by atoms with Gasteiger partial charge in [-0.05, 0) is 85.7 Å². The molecule has 3 N–H and O–H groups in total. The molecule has 3 rings (SSSR count). The minimum absolute atomic E-state index is 0.268. The van der Waals surface area contributed by atoms with Gasteiger partial charge in [0, 0.05) is 12.7 Å². The van der Waals surface area contributed by atoms with E-state index >= 15 is 0 Å². The SMILES string of the molecule is COc1cccc(OCCC2CCc3cc([C@H](CN)CCCCO)ccc3C2)c1. The van der Waals surface area contributed by atoms with Crippen molar-refractivity contribution < 1.29 is 14.6 Å². The molecule has 0 radical (unpaired) electrons. The van der Waals surface area contributed by atoms with Crippen molar-refractivity contribution in [1.29, 1.82) is 0 Å². The van der Waals surface area contributed by atoms with Crippen LogP contribution in [0, 0.1) is 5.92 Å². The summed E-state index contributed by atoms with van der Waals surface area (Å²) in [5.41, 5.74) is 10.4. The van der Waals surface area contributed by atoms with Crippen LogP contribution in [0.5, 0.6) is 11.5 Å². The zero-order chi connectivity index (χ0) is 20.5. The van der Waals surface area contributed by atoms with Gasteiger partial charge in [-0.3, -0.25) is 0 Å². The van der Waals surface area contributed by atoms with Crippen molar-refractivity contribution in [3.05, 3.63) is 59.2 Å². The molecule has 29 heavy (non-hydrogen) atoms. The molecule has 0 aromatic heterocycles. The standard InChI is InChI=1S/C25H35NO3/c1-28-24-6-4-7-25(17-24)29-14-12-19-8-9-21-16-22(11-10-20(21)15-19)23(18-26)5-2-3-13-27/h4,6-7,10-11,16-17,19,23,27H,2-3,5,8-9,12-15,18,26H2,1H3/t19?,23-/m0/s1. The van der Waals surface area contributed by atoms with E-state index in [1.54, 1.807) is 7.11 Å². The number of benzene rings is 2. The molecular weight excluding hydrogens is 362 g/mol. The second kappa shape index (κ2) is 11.2. The van der Waals surface area contributed by atoms with Gasteiger partial charge in [-0.15, -0.1) is 0 Å². The van der Waals surface area contributed by atoms with Crippen molar-refractivity contribution in [2.45, 2.75) is 50.9 Å². The number of aliphatic hydroxyl groups excluding tert-OH is 1. The summed E-state index contributed by atoms with van der Waals surface area (Å²) in [6, 6.07) is 14.8. The van der Waals surface area contributed by atoms with Crippen LogP contribution in [0.1, 0.15) is 54.7 Å². The van der Waals surface area contributed by atoms with Gasteiger partial charge in [-0.2, -0.15) is 0 Å². The maximum absolute atomic E-state index is 9.01. The Bertz CT molecular complexity index is 761. The Morgan fingerprint density at radius 1 is 1.10 bits per heavy atom. The summed E-state index contributed by atoms with van der Waals surface area (Å²) in [5, 5.41) is 9.01. The molecule has 2 atom stereocenters. The number of ether oxygens (including phenoxy) is 2. The monoisotopic (exact) mass is 397 g/mol. The highest BCUT2D eigenvalue weighted by Gasteiger charge is 2.20. The predicted molar refractivity (Wildman–Crippen MR) is 118 cm³/mol. The highest BCUT2D eigenvalue weighted by molar-refractivity contribution is 5.36. The third-order valence-corrected chi connectivity index (χ3v) is 6.11. The van der Waals surface area contributed by atoms with E-state index in [2.05, 4.69) is 18.2 Å². The molecule has 4 heteroatoms. The topological polar surface area (TPSA) is 64.7 Å². The largest absolute Gasteiger partial charge is 0.497 e. The fourth-order valence-electron chi connectivity index (χ4n) is 4.31. The smallest absolute Gasteiger partial charge is 0.122 e. The number of nitrogens with two attached hydrogens (primary N) is 1. The minimum Gasteiger partial charge on any atom is -0.497 e. The fraction of sp³-hybridized carbons (Fsp3) is 0.520. The molecule has 0 heterocycles. The van der Waals surface area contributed by atoms with E-state index in [0.717, 1.165) is 56.6 Å². The molecule has 1 aliphatic carbocycles. The van der Waals surface area contributed by atoms with Gasteiger partial charge in [0.1, 0.15) is 11.5 Å². The Kier molecular flexibility index (Phi) is 8.38. The van der Waals surface area contributed by atoms with Crippen LogP contribution in [0.2, 0.25) is 0 Å². The molecule has 0 fully saturated rings. The number of rotatable bonds is 11. The molecule has 4 nitrogen and oxygen atoms in total. The average molecular weight is 398 g/mol.